The van der Waals surface area contributed by atoms with Gasteiger partial charge in [-0.1, -0.05) is 30.3 Å². The van der Waals surface area contributed by atoms with Crippen molar-refractivity contribution in [2.45, 2.75) is 6.42 Å². The normalized spacial score (nSPS) is 10.9. The largest absolute Gasteiger partial charge is 0.496 e. The summed E-state index contributed by atoms with van der Waals surface area (Å²) in [4.78, 5) is 16.0. The summed E-state index contributed by atoms with van der Waals surface area (Å²) in [6.45, 7) is 0. The molecular formula is C21H17FN4O2. The highest BCUT2D eigenvalue weighted by atomic mass is 19.1. The summed E-state index contributed by atoms with van der Waals surface area (Å²) in [6, 6.07) is 10.6. The molecule has 7 heteroatoms. The van der Waals surface area contributed by atoms with Crippen molar-refractivity contribution in [2.75, 3.05) is 7.11 Å². The van der Waals surface area contributed by atoms with E-state index < -0.39 is 11.7 Å². The smallest absolute Gasteiger partial charge is 0.252 e. The molecule has 2 heterocycles. The summed E-state index contributed by atoms with van der Waals surface area (Å²) in [5.74, 6) is -1.13. The molecule has 0 atom stereocenters. The van der Waals surface area contributed by atoms with Crippen molar-refractivity contribution in [3.63, 3.8) is 0 Å². The van der Waals surface area contributed by atoms with Crippen molar-refractivity contribution in [1.29, 1.82) is 0 Å². The number of hydrogen-bond acceptors (Lipinski definition) is 4. The van der Waals surface area contributed by atoms with Crippen LogP contribution in [0.25, 0.3) is 16.8 Å². The monoisotopic (exact) mass is 376 g/mol. The first-order valence-electron chi connectivity index (χ1n) is 8.60. The standard InChI is InChI=1S/C21H17FN4O2/c1-28-20-16(7-13-5-3-2-4-6-13)19(18(22)8-17(20)21(23)27)26-12-15-10-24-9-14(15)11-25-26/h2-6,8-12H,7H2,1H3,(H2,23,27). The SMILES string of the molecule is COc1c(C(N)=O)cc(F)c(-n2cc3cncc-3cn2)c1Cc1ccccc1. The number of nitrogens with zero attached hydrogens (tertiary/aromatic N) is 3. The third-order valence-corrected chi connectivity index (χ3v) is 4.57. The van der Waals surface area contributed by atoms with Crippen LogP contribution < -0.4 is 10.5 Å². The highest BCUT2D eigenvalue weighted by molar-refractivity contribution is 5.96. The van der Waals surface area contributed by atoms with Gasteiger partial charge in [0.05, 0.1) is 18.9 Å². The Morgan fingerprint density at radius 3 is 2.64 bits per heavy atom. The van der Waals surface area contributed by atoms with Gasteiger partial charge in [-0.15, -0.1) is 0 Å². The second-order valence-corrected chi connectivity index (χ2v) is 6.33. The molecule has 0 bridgehead atoms. The molecule has 2 aliphatic heterocycles. The van der Waals surface area contributed by atoms with Crippen LogP contribution >= 0.6 is 0 Å². The number of amides is 1. The van der Waals surface area contributed by atoms with Crippen LogP contribution in [0.1, 0.15) is 21.5 Å². The lowest BCUT2D eigenvalue weighted by molar-refractivity contribution is 0.0996. The Bertz CT molecular complexity index is 1120. The molecule has 2 aromatic carbocycles. The molecule has 2 N–H and O–H groups in total. The molecule has 0 saturated carbocycles. The number of carbonyl (C=O) groups is 1. The number of fused-ring (bicyclic) bond motifs is 1. The third-order valence-electron chi connectivity index (χ3n) is 4.57. The van der Waals surface area contributed by atoms with Crippen molar-refractivity contribution < 1.29 is 13.9 Å². The van der Waals surface area contributed by atoms with Crippen LogP contribution in [0.4, 0.5) is 4.39 Å². The summed E-state index contributed by atoms with van der Waals surface area (Å²) >= 11 is 0. The minimum atomic E-state index is -0.759. The average molecular weight is 376 g/mol. The number of ether oxygens (including phenoxy) is 1. The van der Waals surface area contributed by atoms with Gasteiger partial charge in [0.1, 0.15) is 17.3 Å². The number of benzene rings is 2. The molecule has 0 saturated heterocycles. The van der Waals surface area contributed by atoms with Gasteiger partial charge in [0, 0.05) is 41.7 Å². The molecule has 140 valence electrons. The van der Waals surface area contributed by atoms with Gasteiger partial charge in [-0.3, -0.25) is 9.78 Å². The highest BCUT2D eigenvalue weighted by Crippen LogP contribution is 2.34. The number of hydrogen-bond donors (Lipinski definition) is 1. The van der Waals surface area contributed by atoms with E-state index in [1.807, 2.05) is 30.3 Å². The zero-order valence-corrected chi connectivity index (χ0v) is 15.1. The molecule has 0 fully saturated rings. The summed E-state index contributed by atoms with van der Waals surface area (Å²) in [7, 11) is 1.43. The van der Waals surface area contributed by atoms with Gasteiger partial charge in [-0.2, -0.15) is 5.10 Å². The molecule has 0 aromatic heterocycles. The van der Waals surface area contributed by atoms with Crippen LogP contribution in [0.3, 0.4) is 0 Å². The fourth-order valence-corrected chi connectivity index (χ4v) is 3.28. The van der Waals surface area contributed by atoms with E-state index in [0.717, 1.165) is 22.8 Å². The lowest BCUT2D eigenvalue weighted by Crippen LogP contribution is -2.17. The maximum absolute atomic E-state index is 15.2. The highest BCUT2D eigenvalue weighted by Gasteiger charge is 2.24. The zero-order chi connectivity index (χ0) is 19.7. The van der Waals surface area contributed by atoms with E-state index in [0.29, 0.717) is 12.0 Å². The first-order chi connectivity index (χ1) is 13.6. The quantitative estimate of drug-likeness (QED) is 0.580. The predicted octanol–water partition coefficient (Wildman–Crippen LogP) is 3.21. The van der Waals surface area contributed by atoms with Crippen molar-refractivity contribution in [3.8, 4) is 22.6 Å². The van der Waals surface area contributed by atoms with E-state index in [-0.39, 0.29) is 17.0 Å². The molecule has 28 heavy (non-hydrogen) atoms. The number of halogens is 1. The molecule has 2 aromatic rings. The Hall–Kier alpha value is -3.74. The molecule has 0 spiro atoms. The minimum absolute atomic E-state index is 0.00802. The second kappa shape index (κ2) is 7.11. The first kappa shape index (κ1) is 17.7. The predicted molar refractivity (Wildman–Crippen MR) is 102 cm³/mol. The number of rotatable bonds is 5. The third kappa shape index (κ3) is 3.07. The summed E-state index contributed by atoms with van der Waals surface area (Å²) in [5, 5.41) is 4.33. The van der Waals surface area contributed by atoms with E-state index >= 15 is 4.39 Å². The maximum atomic E-state index is 15.2. The molecule has 0 aliphatic carbocycles. The Morgan fingerprint density at radius 2 is 1.93 bits per heavy atom. The average Bonchev–Trinajstić information content (AvgIpc) is 3.16. The van der Waals surface area contributed by atoms with Crippen LogP contribution in [0, 0.1) is 5.82 Å². The Morgan fingerprint density at radius 1 is 1.18 bits per heavy atom. The van der Waals surface area contributed by atoms with Crippen LogP contribution in [-0.2, 0) is 6.42 Å². The molecule has 1 amide bonds. The summed E-state index contributed by atoms with van der Waals surface area (Å²) in [6.07, 6.45) is 7.01. The minimum Gasteiger partial charge on any atom is -0.496 e. The Labute approximate surface area is 160 Å². The molecular weight excluding hydrogens is 359 g/mol. The van der Waals surface area contributed by atoms with Crippen molar-refractivity contribution in [2.24, 2.45) is 5.73 Å². The van der Waals surface area contributed by atoms with Crippen LogP contribution in [-0.4, -0.2) is 27.8 Å². The zero-order valence-electron chi connectivity index (χ0n) is 15.1. The van der Waals surface area contributed by atoms with E-state index in [9.17, 15) is 4.79 Å². The van der Waals surface area contributed by atoms with Gasteiger partial charge >= 0.3 is 0 Å². The first-order valence-corrected chi connectivity index (χ1v) is 8.60. The van der Waals surface area contributed by atoms with E-state index in [1.165, 1.54) is 11.8 Å². The van der Waals surface area contributed by atoms with Crippen LogP contribution in [0.15, 0.2) is 61.2 Å². The molecule has 4 rings (SSSR count). The van der Waals surface area contributed by atoms with Crippen LogP contribution in [0.5, 0.6) is 5.75 Å². The fourth-order valence-electron chi connectivity index (χ4n) is 3.28. The number of primary amides is 1. The molecule has 2 aliphatic rings. The van der Waals surface area contributed by atoms with Gasteiger partial charge < -0.3 is 10.5 Å². The number of aromatic nitrogens is 3. The number of methoxy groups -OCH3 is 1. The summed E-state index contributed by atoms with van der Waals surface area (Å²) in [5.41, 5.74) is 8.73. The van der Waals surface area contributed by atoms with Gasteiger partial charge in [0.2, 0.25) is 0 Å². The molecule has 6 nitrogen and oxygen atoms in total. The van der Waals surface area contributed by atoms with Crippen molar-refractivity contribution in [1.82, 2.24) is 14.8 Å². The number of carbonyl (C=O) groups excluding carboxylic acids is 1. The van der Waals surface area contributed by atoms with Gasteiger partial charge in [-0.25, -0.2) is 9.07 Å². The Balaban J connectivity index is 1.98. The Kier molecular flexibility index (Phi) is 4.49. The molecule has 0 unspecified atom stereocenters. The van der Waals surface area contributed by atoms with E-state index in [4.69, 9.17) is 10.5 Å². The van der Waals surface area contributed by atoms with Gasteiger partial charge in [0.15, 0.2) is 0 Å². The topological polar surface area (TPSA) is 83.0 Å². The lowest BCUT2D eigenvalue weighted by Gasteiger charge is -2.19. The maximum Gasteiger partial charge on any atom is 0.252 e. The second-order valence-electron chi connectivity index (χ2n) is 6.33. The fraction of sp³-hybridized carbons (Fsp3) is 0.0952. The van der Waals surface area contributed by atoms with Crippen molar-refractivity contribution >= 4 is 5.91 Å². The van der Waals surface area contributed by atoms with E-state index in [2.05, 4.69) is 10.1 Å². The van der Waals surface area contributed by atoms with Gasteiger partial charge in [0.25, 0.3) is 5.91 Å². The van der Waals surface area contributed by atoms with E-state index in [1.54, 1.807) is 24.8 Å². The lowest BCUT2D eigenvalue weighted by atomic mass is 9.98. The van der Waals surface area contributed by atoms with Gasteiger partial charge in [-0.05, 0) is 11.6 Å². The summed E-state index contributed by atoms with van der Waals surface area (Å²) < 4.78 is 22.1. The van der Waals surface area contributed by atoms with Crippen molar-refractivity contribution in [3.05, 3.63) is 83.7 Å². The van der Waals surface area contributed by atoms with Crippen LogP contribution in [0.2, 0.25) is 0 Å². The molecule has 0 radical (unpaired) electrons. The number of nitrogens with two attached hydrogens (primary N) is 1.